The smallest absolute Gasteiger partial charge is 0.191 e. The first-order chi connectivity index (χ1) is 12.2. The number of para-hydroxylation sites is 1. The van der Waals surface area contributed by atoms with Crippen molar-refractivity contribution in [3.63, 3.8) is 0 Å². The largest absolute Gasteiger partial charge is 0.369 e. The molecule has 146 valence electrons. The average Bonchev–Trinajstić information content (AvgIpc) is 3.10. The molecule has 2 N–H and O–H groups in total. The Labute approximate surface area is 175 Å². The van der Waals surface area contributed by atoms with Gasteiger partial charge in [0.2, 0.25) is 0 Å². The minimum Gasteiger partial charge on any atom is -0.369 e. The molecular weight excluding hydrogens is 439 g/mol. The number of hydrogen-bond donors (Lipinski definition) is 2. The monoisotopic (exact) mass is 472 g/mol. The van der Waals surface area contributed by atoms with Gasteiger partial charge in [0.25, 0.3) is 0 Å². The summed E-state index contributed by atoms with van der Waals surface area (Å²) in [5.41, 5.74) is 1.31. The summed E-state index contributed by atoms with van der Waals surface area (Å²) in [6, 6.07) is 11.6. The number of hydrogen-bond acceptors (Lipinski definition) is 4. The predicted octanol–water partition coefficient (Wildman–Crippen LogP) is 1.29. The van der Waals surface area contributed by atoms with Crippen molar-refractivity contribution in [3.05, 3.63) is 30.3 Å². The van der Waals surface area contributed by atoms with Gasteiger partial charge in [0, 0.05) is 64.1 Å². The maximum Gasteiger partial charge on any atom is 0.191 e. The van der Waals surface area contributed by atoms with Gasteiger partial charge in [-0.05, 0) is 32.6 Å². The lowest BCUT2D eigenvalue weighted by Crippen LogP contribution is -2.56. The second kappa shape index (κ2) is 10.3. The molecule has 0 amide bonds. The molecule has 6 nitrogen and oxygen atoms in total. The van der Waals surface area contributed by atoms with E-state index in [0.29, 0.717) is 12.1 Å². The van der Waals surface area contributed by atoms with Crippen LogP contribution in [0.15, 0.2) is 35.3 Å². The lowest BCUT2D eigenvalue weighted by Gasteiger charge is -2.38. The van der Waals surface area contributed by atoms with Gasteiger partial charge in [-0.15, -0.1) is 24.0 Å². The maximum absolute atomic E-state index is 4.42. The van der Waals surface area contributed by atoms with E-state index >= 15 is 0 Å². The lowest BCUT2D eigenvalue weighted by molar-refractivity contribution is 0.116. The minimum atomic E-state index is 0. The molecule has 2 unspecified atom stereocenters. The van der Waals surface area contributed by atoms with Crippen LogP contribution in [-0.2, 0) is 0 Å². The molecule has 3 rings (SSSR count). The van der Waals surface area contributed by atoms with Crippen molar-refractivity contribution in [1.29, 1.82) is 0 Å². The number of nitrogens with one attached hydrogen (secondary N) is 2. The van der Waals surface area contributed by atoms with Crippen LogP contribution in [0.3, 0.4) is 0 Å². The van der Waals surface area contributed by atoms with Crippen molar-refractivity contribution in [2.45, 2.75) is 18.5 Å². The predicted molar refractivity (Wildman–Crippen MR) is 121 cm³/mol. The summed E-state index contributed by atoms with van der Waals surface area (Å²) in [7, 11) is 6.27. The van der Waals surface area contributed by atoms with E-state index in [1.54, 1.807) is 0 Å². The summed E-state index contributed by atoms with van der Waals surface area (Å²) in [5, 5.41) is 7.12. The van der Waals surface area contributed by atoms with Crippen LogP contribution in [-0.4, -0.2) is 88.3 Å². The Morgan fingerprint density at radius 2 is 1.88 bits per heavy atom. The second-order valence-electron chi connectivity index (χ2n) is 7.26. The van der Waals surface area contributed by atoms with Gasteiger partial charge in [0.15, 0.2) is 5.96 Å². The molecule has 2 aliphatic rings. The van der Waals surface area contributed by atoms with Gasteiger partial charge in [0.1, 0.15) is 0 Å². The number of nitrogens with zero attached hydrogens (tertiary/aromatic N) is 4. The number of guanidine groups is 1. The van der Waals surface area contributed by atoms with Gasteiger partial charge < -0.3 is 20.4 Å². The first kappa shape index (κ1) is 21.2. The third-order valence-corrected chi connectivity index (χ3v) is 5.36. The SMILES string of the molecule is CN=C(NCC1CN(C)CCN1C)NC1CCN(c2ccccc2)C1.I. The molecule has 26 heavy (non-hydrogen) atoms. The zero-order valence-corrected chi connectivity index (χ0v) is 18.5. The van der Waals surface area contributed by atoms with Crippen LogP contribution >= 0.6 is 24.0 Å². The lowest BCUT2D eigenvalue weighted by atomic mass is 10.2. The number of likely N-dealkylation sites (N-methyl/N-ethyl adjacent to an activating group) is 2. The van der Waals surface area contributed by atoms with Crippen molar-refractivity contribution in [1.82, 2.24) is 20.4 Å². The fraction of sp³-hybridized carbons (Fsp3) is 0.632. The van der Waals surface area contributed by atoms with E-state index in [2.05, 4.69) is 74.8 Å². The fourth-order valence-electron chi connectivity index (χ4n) is 3.68. The number of aliphatic imine (C=N–C) groups is 1. The van der Waals surface area contributed by atoms with E-state index in [1.165, 1.54) is 5.69 Å². The van der Waals surface area contributed by atoms with Crippen LogP contribution in [0.1, 0.15) is 6.42 Å². The number of rotatable bonds is 4. The highest BCUT2D eigenvalue weighted by Gasteiger charge is 2.25. The van der Waals surface area contributed by atoms with Crippen LogP contribution in [0.5, 0.6) is 0 Å². The highest BCUT2D eigenvalue weighted by atomic mass is 127. The van der Waals surface area contributed by atoms with Crippen LogP contribution in [0.2, 0.25) is 0 Å². The van der Waals surface area contributed by atoms with E-state index in [1.807, 2.05) is 7.05 Å². The topological polar surface area (TPSA) is 46.1 Å². The van der Waals surface area contributed by atoms with Crippen LogP contribution in [0.25, 0.3) is 0 Å². The first-order valence-corrected chi connectivity index (χ1v) is 9.31. The van der Waals surface area contributed by atoms with Crippen molar-refractivity contribution >= 4 is 35.6 Å². The summed E-state index contributed by atoms with van der Waals surface area (Å²) in [4.78, 5) is 11.7. The van der Waals surface area contributed by atoms with E-state index in [4.69, 9.17) is 0 Å². The van der Waals surface area contributed by atoms with Gasteiger partial charge in [-0.3, -0.25) is 9.89 Å². The molecule has 1 aromatic carbocycles. The minimum absolute atomic E-state index is 0. The molecule has 1 aromatic rings. The molecule has 7 heteroatoms. The molecule has 0 saturated carbocycles. The summed E-state index contributed by atoms with van der Waals surface area (Å²) < 4.78 is 0. The van der Waals surface area contributed by atoms with E-state index in [-0.39, 0.29) is 24.0 Å². The number of halogens is 1. The van der Waals surface area contributed by atoms with Gasteiger partial charge in [-0.25, -0.2) is 0 Å². The third kappa shape index (κ3) is 5.72. The summed E-state index contributed by atoms with van der Waals surface area (Å²) in [6.45, 7) is 6.42. The van der Waals surface area contributed by atoms with Crippen LogP contribution in [0, 0.1) is 0 Å². The van der Waals surface area contributed by atoms with Crippen molar-refractivity contribution in [2.24, 2.45) is 4.99 Å². The Hall–Kier alpha value is -1.06. The molecule has 2 fully saturated rings. The Kier molecular flexibility index (Phi) is 8.43. The van der Waals surface area contributed by atoms with E-state index < -0.39 is 0 Å². The number of anilines is 1. The van der Waals surface area contributed by atoms with Crippen LogP contribution < -0.4 is 15.5 Å². The van der Waals surface area contributed by atoms with Crippen molar-refractivity contribution in [3.8, 4) is 0 Å². The Morgan fingerprint density at radius 1 is 1.12 bits per heavy atom. The van der Waals surface area contributed by atoms with Crippen LogP contribution in [0.4, 0.5) is 5.69 Å². The van der Waals surface area contributed by atoms with E-state index in [0.717, 1.165) is 51.6 Å². The third-order valence-electron chi connectivity index (χ3n) is 5.36. The molecule has 2 heterocycles. The second-order valence-corrected chi connectivity index (χ2v) is 7.26. The summed E-state index contributed by atoms with van der Waals surface area (Å²) in [5.74, 6) is 0.918. The molecule has 2 aliphatic heterocycles. The zero-order valence-electron chi connectivity index (χ0n) is 16.2. The summed E-state index contributed by atoms with van der Waals surface area (Å²) in [6.07, 6.45) is 1.14. The maximum atomic E-state index is 4.42. The average molecular weight is 472 g/mol. The zero-order chi connectivity index (χ0) is 17.6. The molecule has 0 aliphatic carbocycles. The first-order valence-electron chi connectivity index (χ1n) is 9.31. The van der Waals surface area contributed by atoms with E-state index in [9.17, 15) is 0 Å². The molecule has 0 bridgehead atoms. The Bertz CT molecular complexity index is 566. The summed E-state index contributed by atoms with van der Waals surface area (Å²) >= 11 is 0. The number of benzene rings is 1. The van der Waals surface area contributed by atoms with Crippen molar-refractivity contribution in [2.75, 3.05) is 65.3 Å². The van der Waals surface area contributed by atoms with Gasteiger partial charge in [-0.1, -0.05) is 18.2 Å². The van der Waals surface area contributed by atoms with Gasteiger partial charge >= 0.3 is 0 Å². The highest BCUT2D eigenvalue weighted by Crippen LogP contribution is 2.19. The van der Waals surface area contributed by atoms with Gasteiger partial charge in [0.05, 0.1) is 0 Å². The quantitative estimate of drug-likeness (QED) is 0.393. The molecule has 0 radical (unpaired) electrons. The molecule has 2 atom stereocenters. The standard InChI is InChI=1S/C19H32N6.HI/c1-20-19(21-13-18-15-23(2)11-12-24(18)3)22-16-9-10-25(14-16)17-7-5-4-6-8-17;/h4-8,16,18H,9-15H2,1-3H3,(H2,20,21,22);1H. The molecule has 0 aromatic heterocycles. The van der Waals surface area contributed by atoms with Gasteiger partial charge in [-0.2, -0.15) is 0 Å². The fourth-order valence-corrected chi connectivity index (χ4v) is 3.68. The molecule has 2 saturated heterocycles. The molecule has 0 spiro atoms. The Balaban J connectivity index is 0.00000243. The van der Waals surface area contributed by atoms with Crippen molar-refractivity contribution < 1.29 is 0 Å². The molecular formula is C19H33IN6. The Morgan fingerprint density at radius 3 is 2.62 bits per heavy atom. The normalized spacial score (nSPS) is 25.0. The highest BCUT2D eigenvalue weighted by molar-refractivity contribution is 14.0. The number of piperazine rings is 1.